The van der Waals surface area contributed by atoms with Crippen molar-refractivity contribution in [3.8, 4) is 0 Å². The van der Waals surface area contributed by atoms with Crippen molar-refractivity contribution in [3.63, 3.8) is 0 Å². The molecule has 1 aromatic carbocycles. The average molecular weight is 279 g/mol. The van der Waals surface area contributed by atoms with Crippen LogP contribution < -0.4 is 5.32 Å². The van der Waals surface area contributed by atoms with Gasteiger partial charge in [0.2, 0.25) is 0 Å². The van der Waals surface area contributed by atoms with E-state index in [2.05, 4.69) is 42.0 Å². The molecule has 1 aromatic rings. The number of unbranched alkanes of at least 4 members (excludes halogenated alkanes) is 1. The van der Waals surface area contributed by atoms with Gasteiger partial charge in [0, 0.05) is 0 Å². The Labute approximate surface area is 103 Å². The van der Waals surface area contributed by atoms with Crippen LogP contribution in [0.15, 0.2) is 35.8 Å². The van der Waals surface area contributed by atoms with Crippen LogP contribution in [0.1, 0.15) is 25.3 Å². The molecule has 84 valence electrons. The van der Waals surface area contributed by atoms with Gasteiger partial charge in [-0.25, -0.2) is 0 Å². The van der Waals surface area contributed by atoms with Gasteiger partial charge in [-0.2, -0.15) is 0 Å². The predicted octanol–water partition coefficient (Wildman–Crippen LogP) is 2.94. The molecule has 0 unspecified atom stereocenters. The fourth-order valence-electron chi connectivity index (χ4n) is 1.56. The quantitative estimate of drug-likeness (QED) is 0.667. The molecule has 0 radical (unpaired) electrons. The number of fused-ring (bicyclic) bond motifs is 1. The molecule has 0 saturated carbocycles. The number of aliphatic imine (C=N–C) groups is 1. The summed E-state index contributed by atoms with van der Waals surface area (Å²) >= 11 is 0.266. The molecule has 2 nitrogen and oxygen atoms in total. The first-order valence-corrected chi connectivity index (χ1v) is 7.30. The summed E-state index contributed by atoms with van der Waals surface area (Å²) in [5.41, 5.74) is 2.40. The molecule has 0 atom stereocenters. The number of rotatable bonds is 3. The van der Waals surface area contributed by atoms with Crippen molar-refractivity contribution in [2.75, 3.05) is 11.9 Å². The van der Waals surface area contributed by atoms with E-state index in [0.717, 1.165) is 23.4 Å². The number of amidine groups is 1. The summed E-state index contributed by atoms with van der Waals surface area (Å²) in [7, 11) is 0. The third-order valence-corrected chi connectivity index (χ3v) is 4.33. The van der Waals surface area contributed by atoms with Gasteiger partial charge in [-0.3, -0.25) is 0 Å². The van der Waals surface area contributed by atoms with E-state index < -0.39 is 0 Å². The number of anilines is 1. The number of nitrogens with one attached hydrogen (secondary N) is 1. The molecule has 0 amide bonds. The summed E-state index contributed by atoms with van der Waals surface area (Å²) in [4.78, 5) is 4.59. The van der Waals surface area contributed by atoms with E-state index in [1.54, 1.807) is 0 Å². The summed E-state index contributed by atoms with van der Waals surface area (Å²) in [6, 6.07) is 8.31. The maximum absolute atomic E-state index is 4.59. The van der Waals surface area contributed by atoms with Crippen LogP contribution in [0, 0.1) is 0 Å². The van der Waals surface area contributed by atoms with Gasteiger partial charge in [-0.1, -0.05) is 0 Å². The molecule has 1 heterocycles. The molecule has 0 saturated heterocycles. The van der Waals surface area contributed by atoms with Crippen LogP contribution in [0.5, 0.6) is 0 Å². The Morgan fingerprint density at radius 1 is 1.38 bits per heavy atom. The van der Waals surface area contributed by atoms with E-state index in [-0.39, 0.29) is 15.0 Å². The molecule has 0 bridgehead atoms. The first kappa shape index (κ1) is 11.4. The molecule has 0 aliphatic carbocycles. The fourth-order valence-corrected chi connectivity index (χ4v) is 3.32. The van der Waals surface area contributed by atoms with Crippen molar-refractivity contribution in [1.82, 2.24) is 0 Å². The molecule has 0 aromatic heterocycles. The number of hydrogen-bond donors (Lipinski definition) is 1. The van der Waals surface area contributed by atoms with Gasteiger partial charge in [0.25, 0.3) is 0 Å². The third-order valence-electron chi connectivity index (χ3n) is 2.46. The molecule has 0 spiro atoms. The van der Waals surface area contributed by atoms with Crippen molar-refractivity contribution >= 4 is 29.8 Å². The van der Waals surface area contributed by atoms with Gasteiger partial charge in [0.1, 0.15) is 0 Å². The average Bonchev–Trinajstić information content (AvgIpc) is 2.30. The van der Waals surface area contributed by atoms with E-state index >= 15 is 0 Å². The van der Waals surface area contributed by atoms with Crippen molar-refractivity contribution in [3.05, 3.63) is 36.4 Å². The Bertz CT molecular complexity index is 424. The number of hydrogen-bond acceptors (Lipinski definition) is 1. The van der Waals surface area contributed by atoms with Gasteiger partial charge in [0.05, 0.1) is 0 Å². The second kappa shape index (κ2) is 5.33. The van der Waals surface area contributed by atoms with Crippen molar-refractivity contribution in [2.45, 2.75) is 19.8 Å². The van der Waals surface area contributed by atoms with Crippen LogP contribution in [0.2, 0.25) is 0 Å². The molecule has 1 aliphatic rings. The molecule has 0 fully saturated rings. The normalized spacial score (nSPS) is 17.1. The van der Waals surface area contributed by atoms with E-state index in [0.29, 0.717) is 0 Å². The minimum absolute atomic E-state index is 0.266. The van der Waals surface area contributed by atoms with E-state index in [1.165, 1.54) is 16.5 Å². The Morgan fingerprint density at radius 3 is 3.00 bits per heavy atom. The Morgan fingerprint density at radius 2 is 2.19 bits per heavy atom. The van der Waals surface area contributed by atoms with Gasteiger partial charge in [0.15, 0.2) is 0 Å². The molecule has 2 rings (SSSR count). The second-order valence-corrected chi connectivity index (χ2v) is 6.01. The minimum atomic E-state index is 0.266. The molecule has 16 heavy (non-hydrogen) atoms. The maximum atomic E-state index is 4.59. The summed E-state index contributed by atoms with van der Waals surface area (Å²) < 4.78 is 2.33. The van der Waals surface area contributed by atoms with Crippen LogP contribution in [0.25, 0.3) is 4.47 Å². The van der Waals surface area contributed by atoms with E-state index in [1.807, 2.05) is 6.07 Å². The zero-order chi connectivity index (χ0) is 11.4. The Kier molecular flexibility index (Phi) is 3.81. The fraction of sp³-hybridized carbons (Fsp3) is 0.308. The zero-order valence-corrected chi connectivity index (χ0v) is 11.2. The van der Waals surface area contributed by atoms with Crippen LogP contribution in [-0.2, 0) is 0 Å². The van der Waals surface area contributed by atoms with Crippen LogP contribution in [0.3, 0.4) is 0 Å². The molecule has 1 aliphatic heterocycles. The first-order chi connectivity index (χ1) is 7.81. The summed E-state index contributed by atoms with van der Waals surface area (Å²) in [5, 5.41) is 3.40. The van der Waals surface area contributed by atoms with Crippen LogP contribution in [0.4, 0.5) is 5.69 Å². The van der Waals surface area contributed by atoms with Gasteiger partial charge >= 0.3 is 103 Å². The summed E-state index contributed by atoms with van der Waals surface area (Å²) in [6.45, 7) is 7.26. The number of benzene rings is 1. The van der Waals surface area contributed by atoms with Crippen molar-refractivity contribution < 1.29 is 0 Å². The molecule has 3 heteroatoms. The summed E-state index contributed by atoms with van der Waals surface area (Å²) in [6.07, 6.45) is 2.36. The molecule has 1 N–H and O–H groups in total. The van der Waals surface area contributed by atoms with E-state index in [9.17, 15) is 0 Å². The Hall–Kier alpha value is -1.05. The molecular weight excluding hydrogens is 263 g/mol. The topological polar surface area (TPSA) is 24.4 Å². The predicted molar refractivity (Wildman–Crippen MR) is 72.1 cm³/mol. The van der Waals surface area contributed by atoms with E-state index in [4.69, 9.17) is 0 Å². The standard InChI is InChI=1S/C13H16N2Se/c1-3-4-9-14-13-15-12-8-6-5-7-11(12)10(2)16-13/h5-8H,2-4,9H2,1H3,(H,14,15). The van der Waals surface area contributed by atoms with Crippen LogP contribution in [-0.4, -0.2) is 26.2 Å². The number of para-hydroxylation sites is 1. The van der Waals surface area contributed by atoms with Gasteiger partial charge < -0.3 is 0 Å². The first-order valence-electron chi connectivity index (χ1n) is 5.59. The number of nitrogens with zero attached hydrogens (tertiary/aromatic N) is 1. The summed E-state index contributed by atoms with van der Waals surface area (Å²) in [5.74, 6) is 0. The third kappa shape index (κ3) is 2.55. The van der Waals surface area contributed by atoms with Crippen LogP contribution >= 0.6 is 0 Å². The monoisotopic (exact) mass is 280 g/mol. The van der Waals surface area contributed by atoms with Crippen molar-refractivity contribution in [2.24, 2.45) is 4.99 Å². The second-order valence-electron chi connectivity index (χ2n) is 3.74. The van der Waals surface area contributed by atoms with Gasteiger partial charge in [-0.05, 0) is 0 Å². The molecular formula is C13H16N2Se. The Balaban J connectivity index is 2.15. The van der Waals surface area contributed by atoms with Crippen molar-refractivity contribution in [1.29, 1.82) is 0 Å². The van der Waals surface area contributed by atoms with Gasteiger partial charge in [-0.15, -0.1) is 0 Å². The zero-order valence-electron chi connectivity index (χ0n) is 9.49. The SMILES string of the molecule is C=C1[Se]C(=NCCCC)Nc2ccccc21.